The van der Waals surface area contributed by atoms with Gasteiger partial charge in [-0.1, -0.05) is 35.9 Å². The van der Waals surface area contributed by atoms with Gasteiger partial charge >= 0.3 is 0 Å². The highest BCUT2D eigenvalue weighted by atomic mass is 16.5. The van der Waals surface area contributed by atoms with Crippen molar-refractivity contribution in [1.82, 2.24) is 0 Å². The van der Waals surface area contributed by atoms with E-state index >= 15 is 0 Å². The highest BCUT2D eigenvalue weighted by molar-refractivity contribution is 5.38. The molecule has 2 aromatic rings. The number of methoxy groups -OCH3 is 1. The SMILES string of the molecule is COc1ccccc1C(C#N)CCCCOc1ccc(C)cc1. The molecule has 0 amide bonds. The maximum atomic E-state index is 9.42. The zero-order chi connectivity index (χ0) is 16.5. The molecule has 1 unspecified atom stereocenters. The van der Waals surface area contributed by atoms with E-state index in [4.69, 9.17) is 9.47 Å². The molecule has 0 aliphatic carbocycles. The van der Waals surface area contributed by atoms with Crippen molar-refractivity contribution in [1.29, 1.82) is 5.26 Å². The van der Waals surface area contributed by atoms with Crippen LogP contribution in [0.3, 0.4) is 0 Å². The molecular formula is C20H23NO2. The average molecular weight is 309 g/mol. The average Bonchev–Trinajstić information content (AvgIpc) is 2.60. The van der Waals surface area contributed by atoms with Crippen LogP contribution in [0.25, 0.3) is 0 Å². The predicted octanol–water partition coefficient (Wildman–Crippen LogP) is 4.86. The summed E-state index contributed by atoms with van der Waals surface area (Å²) in [6.07, 6.45) is 2.69. The first-order valence-corrected chi connectivity index (χ1v) is 7.96. The van der Waals surface area contributed by atoms with Crippen molar-refractivity contribution < 1.29 is 9.47 Å². The number of hydrogen-bond donors (Lipinski definition) is 0. The van der Waals surface area contributed by atoms with Crippen LogP contribution in [0.2, 0.25) is 0 Å². The number of hydrogen-bond acceptors (Lipinski definition) is 3. The number of aryl methyl sites for hydroxylation is 1. The van der Waals surface area contributed by atoms with E-state index in [0.717, 1.165) is 36.3 Å². The van der Waals surface area contributed by atoms with Gasteiger partial charge in [0.05, 0.1) is 25.7 Å². The van der Waals surface area contributed by atoms with Crippen LogP contribution in [0.15, 0.2) is 48.5 Å². The Morgan fingerprint density at radius 2 is 1.78 bits per heavy atom. The highest BCUT2D eigenvalue weighted by Crippen LogP contribution is 2.29. The zero-order valence-electron chi connectivity index (χ0n) is 13.8. The molecule has 0 fully saturated rings. The van der Waals surface area contributed by atoms with Crippen molar-refractivity contribution in [2.24, 2.45) is 0 Å². The Morgan fingerprint density at radius 1 is 1.04 bits per heavy atom. The van der Waals surface area contributed by atoms with Gasteiger partial charge < -0.3 is 9.47 Å². The molecule has 2 rings (SSSR count). The van der Waals surface area contributed by atoms with Crippen LogP contribution in [0.4, 0.5) is 0 Å². The summed E-state index contributed by atoms with van der Waals surface area (Å²) >= 11 is 0. The van der Waals surface area contributed by atoms with Gasteiger partial charge in [0.1, 0.15) is 11.5 Å². The van der Waals surface area contributed by atoms with E-state index in [1.807, 2.05) is 48.5 Å². The molecule has 0 heterocycles. The van der Waals surface area contributed by atoms with Gasteiger partial charge in [0.15, 0.2) is 0 Å². The van der Waals surface area contributed by atoms with Crippen LogP contribution < -0.4 is 9.47 Å². The minimum Gasteiger partial charge on any atom is -0.496 e. The van der Waals surface area contributed by atoms with Gasteiger partial charge in [0, 0.05) is 5.56 Å². The molecule has 0 saturated heterocycles. The third-order valence-electron chi connectivity index (χ3n) is 3.85. The highest BCUT2D eigenvalue weighted by Gasteiger charge is 2.14. The van der Waals surface area contributed by atoms with Crippen LogP contribution in [-0.2, 0) is 0 Å². The molecule has 23 heavy (non-hydrogen) atoms. The lowest BCUT2D eigenvalue weighted by molar-refractivity contribution is 0.304. The second kappa shape index (κ2) is 8.85. The Morgan fingerprint density at radius 3 is 2.48 bits per heavy atom. The fourth-order valence-corrected chi connectivity index (χ4v) is 2.52. The van der Waals surface area contributed by atoms with Gasteiger partial charge in [-0.25, -0.2) is 0 Å². The van der Waals surface area contributed by atoms with Crippen molar-refractivity contribution >= 4 is 0 Å². The van der Waals surface area contributed by atoms with E-state index in [9.17, 15) is 5.26 Å². The third kappa shape index (κ3) is 5.03. The molecular weight excluding hydrogens is 286 g/mol. The third-order valence-corrected chi connectivity index (χ3v) is 3.85. The quantitative estimate of drug-likeness (QED) is 0.654. The zero-order valence-corrected chi connectivity index (χ0v) is 13.8. The van der Waals surface area contributed by atoms with Crippen LogP contribution in [0.5, 0.6) is 11.5 Å². The van der Waals surface area contributed by atoms with Crippen molar-refractivity contribution in [3.63, 3.8) is 0 Å². The topological polar surface area (TPSA) is 42.2 Å². The van der Waals surface area contributed by atoms with Crippen molar-refractivity contribution in [2.75, 3.05) is 13.7 Å². The Balaban J connectivity index is 1.78. The van der Waals surface area contributed by atoms with Crippen molar-refractivity contribution in [3.05, 3.63) is 59.7 Å². The monoisotopic (exact) mass is 309 g/mol. The molecule has 0 aliphatic rings. The van der Waals surface area contributed by atoms with Gasteiger partial charge in [0.25, 0.3) is 0 Å². The number of ether oxygens (including phenoxy) is 2. The first-order valence-electron chi connectivity index (χ1n) is 7.96. The molecule has 0 aliphatic heterocycles. The summed E-state index contributed by atoms with van der Waals surface area (Å²) in [5, 5.41) is 9.42. The molecule has 0 N–H and O–H groups in total. The second-order valence-electron chi connectivity index (χ2n) is 5.58. The number of rotatable bonds is 8. The summed E-state index contributed by atoms with van der Waals surface area (Å²) in [7, 11) is 1.64. The van der Waals surface area contributed by atoms with E-state index in [1.165, 1.54) is 5.56 Å². The normalized spacial score (nSPS) is 11.5. The molecule has 3 heteroatoms. The molecule has 2 aromatic carbocycles. The Kier molecular flexibility index (Phi) is 6.50. The van der Waals surface area contributed by atoms with Crippen LogP contribution in [-0.4, -0.2) is 13.7 Å². The number of nitriles is 1. The first kappa shape index (κ1) is 16.9. The van der Waals surface area contributed by atoms with E-state index < -0.39 is 0 Å². The first-order chi connectivity index (χ1) is 11.2. The van der Waals surface area contributed by atoms with Gasteiger partial charge in [-0.15, -0.1) is 0 Å². The number of benzene rings is 2. The lowest BCUT2D eigenvalue weighted by Crippen LogP contribution is -2.02. The van der Waals surface area contributed by atoms with Crippen molar-refractivity contribution in [2.45, 2.75) is 32.1 Å². The van der Waals surface area contributed by atoms with Crippen molar-refractivity contribution in [3.8, 4) is 17.6 Å². The molecule has 120 valence electrons. The lowest BCUT2D eigenvalue weighted by atomic mass is 9.94. The van der Waals surface area contributed by atoms with Gasteiger partial charge in [-0.2, -0.15) is 5.26 Å². The van der Waals surface area contributed by atoms with Crippen LogP contribution in [0.1, 0.15) is 36.3 Å². The summed E-state index contributed by atoms with van der Waals surface area (Å²) in [5.41, 5.74) is 2.20. The number of unbranched alkanes of at least 4 members (excludes halogenated alkanes) is 1. The van der Waals surface area contributed by atoms with Crippen LogP contribution in [0, 0.1) is 18.3 Å². The fraction of sp³-hybridized carbons (Fsp3) is 0.350. The molecule has 1 atom stereocenters. The molecule has 3 nitrogen and oxygen atoms in total. The maximum absolute atomic E-state index is 9.42. The predicted molar refractivity (Wildman–Crippen MR) is 91.9 cm³/mol. The molecule has 0 saturated carbocycles. The Labute approximate surface area is 138 Å². The fourth-order valence-electron chi connectivity index (χ4n) is 2.52. The minimum absolute atomic E-state index is 0.134. The van der Waals surface area contributed by atoms with Crippen LogP contribution >= 0.6 is 0 Å². The maximum Gasteiger partial charge on any atom is 0.123 e. The lowest BCUT2D eigenvalue weighted by Gasteiger charge is -2.13. The number of para-hydroxylation sites is 1. The van der Waals surface area contributed by atoms with E-state index in [1.54, 1.807) is 7.11 Å². The van der Waals surface area contributed by atoms with E-state index in [0.29, 0.717) is 6.61 Å². The Bertz CT molecular complexity index is 643. The largest absolute Gasteiger partial charge is 0.496 e. The molecule has 0 radical (unpaired) electrons. The Hall–Kier alpha value is -2.47. The van der Waals surface area contributed by atoms with Gasteiger partial charge in [0.2, 0.25) is 0 Å². The molecule has 0 bridgehead atoms. The van der Waals surface area contributed by atoms with E-state index in [-0.39, 0.29) is 5.92 Å². The second-order valence-corrected chi connectivity index (χ2v) is 5.58. The van der Waals surface area contributed by atoms with Gasteiger partial charge in [-0.05, 0) is 44.4 Å². The number of nitrogens with zero attached hydrogens (tertiary/aromatic N) is 1. The summed E-state index contributed by atoms with van der Waals surface area (Å²) in [6, 6.07) is 18.2. The molecule has 0 aromatic heterocycles. The summed E-state index contributed by atoms with van der Waals surface area (Å²) < 4.78 is 11.1. The van der Waals surface area contributed by atoms with Gasteiger partial charge in [-0.3, -0.25) is 0 Å². The smallest absolute Gasteiger partial charge is 0.123 e. The standard InChI is InChI=1S/C20H23NO2/c1-16-10-12-18(13-11-16)23-14-6-5-7-17(15-21)19-8-3-4-9-20(19)22-2/h3-4,8-13,17H,5-7,14H2,1-2H3. The minimum atomic E-state index is -0.134. The summed E-state index contributed by atoms with van der Waals surface area (Å²) in [4.78, 5) is 0. The summed E-state index contributed by atoms with van der Waals surface area (Å²) in [5.74, 6) is 1.55. The summed E-state index contributed by atoms with van der Waals surface area (Å²) in [6.45, 7) is 2.73. The van der Waals surface area contributed by atoms with E-state index in [2.05, 4.69) is 13.0 Å². The molecule has 0 spiro atoms.